The first-order valence-corrected chi connectivity index (χ1v) is 12.9. The van der Waals surface area contributed by atoms with Gasteiger partial charge in [-0.05, 0) is 67.7 Å². The van der Waals surface area contributed by atoms with Crippen LogP contribution in [0.3, 0.4) is 0 Å². The normalized spacial score (nSPS) is 14.9. The maximum Gasteiger partial charge on any atom is 0.330 e. The average molecular weight is 500 g/mol. The SMILES string of the molecule is COC(=O)/C=C/c1cccc(N(C(=O)C2CCCCC2)C(C)c2ccc(-c3ccc(C)cc3)cc2F)c1. The summed E-state index contributed by atoms with van der Waals surface area (Å²) in [5, 5.41) is 0. The van der Waals surface area contributed by atoms with Crippen LogP contribution in [0.15, 0.2) is 72.8 Å². The lowest BCUT2D eigenvalue weighted by Gasteiger charge is -2.34. The first kappa shape index (κ1) is 26.3. The molecule has 192 valence electrons. The zero-order valence-electron chi connectivity index (χ0n) is 21.7. The van der Waals surface area contributed by atoms with Gasteiger partial charge in [0.25, 0.3) is 0 Å². The molecular formula is C32H34FNO3. The lowest BCUT2D eigenvalue weighted by molar-refractivity contribution is -0.134. The Hall–Kier alpha value is -3.73. The molecule has 0 radical (unpaired) electrons. The highest BCUT2D eigenvalue weighted by molar-refractivity contribution is 5.96. The topological polar surface area (TPSA) is 46.6 Å². The van der Waals surface area contributed by atoms with Crippen LogP contribution >= 0.6 is 0 Å². The van der Waals surface area contributed by atoms with Gasteiger partial charge in [0, 0.05) is 23.2 Å². The average Bonchev–Trinajstić information content (AvgIpc) is 2.92. The molecule has 0 N–H and O–H groups in total. The third-order valence-electron chi connectivity index (χ3n) is 7.18. The summed E-state index contributed by atoms with van der Waals surface area (Å²) in [6.07, 6.45) is 7.89. The summed E-state index contributed by atoms with van der Waals surface area (Å²) in [5.41, 5.74) is 4.80. The van der Waals surface area contributed by atoms with Crippen molar-refractivity contribution in [3.8, 4) is 11.1 Å². The van der Waals surface area contributed by atoms with Crippen LogP contribution in [0.1, 0.15) is 61.8 Å². The molecule has 4 rings (SSSR count). The molecule has 0 bridgehead atoms. The van der Waals surface area contributed by atoms with E-state index in [0.717, 1.165) is 54.4 Å². The van der Waals surface area contributed by atoms with Crippen LogP contribution < -0.4 is 4.90 Å². The van der Waals surface area contributed by atoms with Crippen molar-refractivity contribution in [2.75, 3.05) is 12.0 Å². The summed E-state index contributed by atoms with van der Waals surface area (Å²) in [6, 6.07) is 20.2. The fraction of sp³-hybridized carbons (Fsp3) is 0.312. The van der Waals surface area contributed by atoms with Crippen LogP contribution in [-0.2, 0) is 14.3 Å². The molecule has 0 heterocycles. The summed E-state index contributed by atoms with van der Waals surface area (Å²) >= 11 is 0. The van der Waals surface area contributed by atoms with Gasteiger partial charge in [-0.2, -0.15) is 0 Å². The molecule has 3 aromatic carbocycles. The number of esters is 1. The van der Waals surface area contributed by atoms with Crippen LogP contribution in [0.4, 0.5) is 10.1 Å². The van der Waals surface area contributed by atoms with Crippen LogP contribution in [0.25, 0.3) is 17.2 Å². The van der Waals surface area contributed by atoms with E-state index in [-0.39, 0.29) is 17.6 Å². The van der Waals surface area contributed by atoms with E-state index < -0.39 is 12.0 Å². The molecule has 1 unspecified atom stereocenters. The minimum Gasteiger partial charge on any atom is -0.466 e. The van der Waals surface area contributed by atoms with Crippen LogP contribution in [0.5, 0.6) is 0 Å². The Labute approximate surface area is 218 Å². The predicted octanol–water partition coefficient (Wildman–Crippen LogP) is 7.66. The molecule has 1 aliphatic rings. The van der Waals surface area contributed by atoms with Crippen molar-refractivity contribution in [1.29, 1.82) is 0 Å². The predicted molar refractivity (Wildman–Crippen MR) is 147 cm³/mol. The number of amides is 1. The van der Waals surface area contributed by atoms with E-state index in [1.165, 1.54) is 13.2 Å². The Kier molecular flexibility index (Phi) is 8.54. The molecule has 1 saturated carbocycles. The van der Waals surface area contributed by atoms with Crippen LogP contribution in [0, 0.1) is 18.7 Å². The molecule has 0 saturated heterocycles. The standard InChI is InChI=1S/C32H34FNO3/c1-22-12-15-25(16-13-22)27-17-18-29(30(33)21-27)23(2)34(32(36)26-9-5-4-6-10-26)28-11-7-8-24(20-28)14-19-31(35)37-3/h7-8,11-21,23,26H,4-6,9-10H2,1-3H3/b19-14+. The monoisotopic (exact) mass is 499 g/mol. The zero-order chi connectivity index (χ0) is 26.4. The number of anilines is 1. The number of rotatable bonds is 7. The second kappa shape index (κ2) is 12.0. The number of carbonyl (C=O) groups is 2. The summed E-state index contributed by atoms with van der Waals surface area (Å²) in [4.78, 5) is 27.2. The van der Waals surface area contributed by atoms with Crippen molar-refractivity contribution < 1.29 is 18.7 Å². The second-order valence-electron chi connectivity index (χ2n) is 9.77. The number of benzene rings is 3. The number of hydrogen-bond donors (Lipinski definition) is 0. The third-order valence-corrected chi connectivity index (χ3v) is 7.18. The van der Waals surface area contributed by atoms with Crippen LogP contribution in [0.2, 0.25) is 0 Å². The van der Waals surface area contributed by atoms with Crippen molar-refractivity contribution in [1.82, 2.24) is 0 Å². The van der Waals surface area contributed by atoms with E-state index in [1.54, 1.807) is 23.1 Å². The molecule has 0 aromatic heterocycles. The van der Waals surface area contributed by atoms with Gasteiger partial charge >= 0.3 is 5.97 Å². The minimum atomic E-state index is -0.513. The smallest absolute Gasteiger partial charge is 0.330 e. The summed E-state index contributed by atoms with van der Waals surface area (Å²) in [5.74, 6) is -0.859. The van der Waals surface area contributed by atoms with Crippen molar-refractivity contribution in [2.24, 2.45) is 5.92 Å². The number of nitrogens with zero attached hydrogens (tertiary/aromatic N) is 1. The van der Waals surface area contributed by atoms with E-state index in [1.807, 2.05) is 68.4 Å². The van der Waals surface area contributed by atoms with E-state index in [4.69, 9.17) is 4.74 Å². The molecule has 0 aliphatic heterocycles. The number of aryl methyl sites for hydroxylation is 1. The molecule has 0 spiro atoms. The number of hydrogen-bond acceptors (Lipinski definition) is 3. The highest BCUT2D eigenvalue weighted by Gasteiger charge is 2.31. The zero-order valence-corrected chi connectivity index (χ0v) is 21.7. The Morgan fingerprint density at radius 1 is 0.973 bits per heavy atom. The highest BCUT2D eigenvalue weighted by Crippen LogP contribution is 2.35. The summed E-state index contributed by atoms with van der Waals surface area (Å²) < 4.78 is 20.3. The molecule has 4 nitrogen and oxygen atoms in total. The maximum atomic E-state index is 15.6. The van der Waals surface area contributed by atoms with Crippen molar-refractivity contribution in [3.63, 3.8) is 0 Å². The molecule has 3 aromatic rings. The Balaban J connectivity index is 1.70. The summed E-state index contributed by atoms with van der Waals surface area (Å²) in [7, 11) is 1.33. The highest BCUT2D eigenvalue weighted by atomic mass is 19.1. The van der Waals surface area contributed by atoms with Gasteiger partial charge in [-0.15, -0.1) is 0 Å². The largest absolute Gasteiger partial charge is 0.466 e. The second-order valence-corrected chi connectivity index (χ2v) is 9.77. The molecule has 1 aliphatic carbocycles. The van der Waals surface area contributed by atoms with Gasteiger partial charge in [0.05, 0.1) is 13.2 Å². The van der Waals surface area contributed by atoms with Crippen molar-refractivity contribution in [3.05, 3.63) is 95.3 Å². The van der Waals surface area contributed by atoms with Crippen molar-refractivity contribution in [2.45, 2.75) is 52.0 Å². The van der Waals surface area contributed by atoms with Gasteiger partial charge in [0.15, 0.2) is 0 Å². The molecule has 37 heavy (non-hydrogen) atoms. The maximum absolute atomic E-state index is 15.6. The molecule has 1 atom stereocenters. The van der Waals surface area contributed by atoms with E-state index in [9.17, 15) is 9.59 Å². The van der Waals surface area contributed by atoms with Gasteiger partial charge in [-0.1, -0.05) is 73.4 Å². The number of ether oxygens (including phenoxy) is 1. The number of halogens is 1. The first-order chi connectivity index (χ1) is 17.9. The van der Waals surface area contributed by atoms with Gasteiger partial charge in [0.1, 0.15) is 5.82 Å². The van der Waals surface area contributed by atoms with Crippen LogP contribution in [-0.4, -0.2) is 19.0 Å². The lowest BCUT2D eigenvalue weighted by Crippen LogP contribution is -2.39. The van der Waals surface area contributed by atoms with Gasteiger partial charge in [-0.25, -0.2) is 9.18 Å². The van der Waals surface area contributed by atoms with E-state index >= 15 is 4.39 Å². The van der Waals surface area contributed by atoms with E-state index in [0.29, 0.717) is 11.3 Å². The molecule has 1 fully saturated rings. The minimum absolute atomic E-state index is 0.0170. The molecular weight excluding hydrogens is 465 g/mol. The van der Waals surface area contributed by atoms with Gasteiger partial charge < -0.3 is 9.64 Å². The first-order valence-electron chi connectivity index (χ1n) is 12.9. The fourth-order valence-corrected chi connectivity index (χ4v) is 5.03. The van der Waals surface area contributed by atoms with Gasteiger partial charge in [-0.3, -0.25) is 4.79 Å². The summed E-state index contributed by atoms with van der Waals surface area (Å²) in [6.45, 7) is 3.90. The lowest BCUT2D eigenvalue weighted by atomic mass is 9.87. The Morgan fingerprint density at radius 2 is 1.68 bits per heavy atom. The number of methoxy groups -OCH3 is 1. The van der Waals surface area contributed by atoms with Gasteiger partial charge in [0.2, 0.25) is 5.91 Å². The number of carbonyl (C=O) groups excluding carboxylic acids is 2. The quantitative estimate of drug-likeness (QED) is 0.248. The fourth-order valence-electron chi connectivity index (χ4n) is 5.03. The van der Waals surface area contributed by atoms with Crippen molar-refractivity contribution >= 4 is 23.6 Å². The molecule has 5 heteroatoms. The van der Waals surface area contributed by atoms with E-state index in [2.05, 4.69) is 0 Å². The Morgan fingerprint density at radius 3 is 2.35 bits per heavy atom. The molecule has 1 amide bonds. The third kappa shape index (κ3) is 6.34. The Bertz CT molecular complexity index is 1280.